The number of aryl methyl sites for hydroxylation is 1. The first kappa shape index (κ1) is 26.5. The molecule has 0 aliphatic carbocycles. The maximum absolute atomic E-state index is 11.8. The van der Waals surface area contributed by atoms with E-state index in [0.29, 0.717) is 6.54 Å². The number of anilines is 3. The lowest BCUT2D eigenvalue weighted by Gasteiger charge is -2.36. The van der Waals surface area contributed by atoms with Gasteiger partial charge in [0.05, 0.1) is 11.9 Å². The summed E-state index contributed by atoms with van der Waals surface area (Å²) in [5.41, 5.74) is 5.80. The van der Waals surface area contributed by atoms with Gasteiger partial charge in [-0.1, -0.05) is 23.8 Å². The van der Waals surface area contributed by atoms with Gasteiger partial charge in [0.2, 0.25) is 0 Å². The Morgan fingerprint density at radius 3 is 2.51 bits per heavy atom. The van der Waals surface area contributed by atoms with Crippen LogP contribution < -0.4 is 15.5 Å². The molecule has 5 rings (SSSR count). The first-order valence-electron chi connectivity index (χ1n) is 13.5. The second-order valence-corrected chi connectivity index (χ2v) is 10.9. The molecule has 1 saturated heterocycles. The average molecular weight is 528 g/mol. The third-order valence-corrected chi connectivity index (χ3v) is 6.71. The minimum atomic E-state index is -0.477. The highest BCUT2D eigenvalue weighted by Crippen LogP contribution is 2.27. The zero-order valence-corrected chi connectivity index (χ0v) is 23.1. The zero-order chi connectivity index (χ0) is 27.4. The van der Waals surface area contributed by atoms with Gasteiger partial charge in [0.25, 0.3) is 0 Å². The Balaban J connectivity index is 1.16. The molecule has 2 aromatic heterocycles. The summed E-state index contributed by atoms with van der Waals surface area (Å²) >= 11 is 0. The molecule has 9 heteroatoms. The van der Waals surface area contributed by atoms with Crippen LogP contribution in [0.25, 0.3) is 16.9 Å². The number of benzene rings is 2. The van der Waals surface area contributed by atoms with E-state index in [1.165, 1.54) is 11.3 Å². The number of ether oxygens (including phenoxy) is 1. The number of carbonyl (C=O) groups is 1. The molecule has 204 valence electrons. The highest BCUT2D eigenvalue weighted by molar-refractivity contribution is 5.75. The van der Waals surface area contributed by atoms with E-state index in [4.69, 9.17) is 9.72 Å². The smallest absolute Gasteiger partial charge is 0.407 e. The Morgan fingerprint density at radius 2 is 1.79 bits per heavy atom. The molecular formula is C30H37N7O2. The van der Waals surface area contributed by atoms with Crippen molar-refractivity contribution in [3.8, 4) is 11.3 Å². The number of piperazine rings is 1. The number of nitrogens with one attached hydrogen (secondary N) is 2. The van der Waals surface area contributed by atoms with E-state index < -0.39 is 5.60 Å². The molecule has 0 spiro atoms. The molecule has 0 saturated carbocycles. The fraction of sp³-hybridized carbons (Fsp3) is 0.367. The number of rotatable bonds is 7. The van der Waals surface area contributed by atoms with Crippen LogP contribution in [0.15, 0.2) is 67.1 Å². The normalized spacial score (nSPS) is 14.4. The van der Waals surface area contributed by atoms with Gasteiger partial charge in [0, 0.05) is 68.6 Å². The summed E-state index contributed by atoms with van der Waals surface area (Å²) in [6.07, 6.45) is 5.30. The van der Waals surface area contributed by atoms with Crippen LogP contribution in [0, 0.1) is 6.92 Å². The van der Waals surface area contributed by atoms with Crippen LogP contribution in [-0.4, -0.2) is 70.2 Å². The van der Waals surface area contributed by atoms with Gasteiger partial charge >= 0.3 is 6.09 Å². The van der Waals surface area contributed by atoms with E-state index in [0.717, 1.165) is 61.1 Å². The minimum absolute atomic E-state index is 0.360. The van der Waals surface area contributed by atoms with Crippen LogP contribution in [0.4, 0.5) is 22.0 Å². The number of imidazole rings is 1. The Labute approximate surface area is 229 Å². The van der Waals surface area contributed by atoms with Gasteiger partial charge in [0.15, 0.2) is 11.5 Å². The number of nitrogens with zero attached hydrogens (tertiary/aromatic N) is 5. The first-order chi connectivity index (χ1) is 18.7. The second kappa shape index (κ2) is 11.3. The highest BCUT2D eigenvalue weighted by atomic mass is 16.6. The Hall–Kier alpha value is -4.11. The molecular weight excluding hydrogens is 490 g/mol. The van der Waals surface area contributed by atoms with Crippen molar-refractivity contribution in [1.82, 2.24) is 24.6 Å². The Kier molecular flexibility index (Phi) is 7.70. The molecule has 0 unspecified atom stereocenters. The fourth-order valence-corrected chi connectivity index (χ4v) is 4.78. The number of amides is 1. The molecule has 0 bridgehead atoms. The van der Waals surface area contributed by atoms with Gasteiger partial charge in [-0.2, -0.15) is 0 Å². The summed E-state index contributed by atoms with van der Waals surface area (Å²) in [5.74, 6) is 0.720. The predicted octanol–water partition coefficient (Wildman–Crippen LogP) is 5.10. The average Bonchev–Trinajstić information content (AvgIpc) is 3.39. The molecule has 1 amide bonds. The summed E-state index contributed by atoms with van der Waals surface area (Å²) in [5, 5.41) is 6.28. The van der Waals surface area contributed by atoms with Gasteiger partial charge < -0.3 is 20.3 Å². The van der Waals surface area contributed by atoms with E-state index in [-0.39, 0.29) is 6.09 Å². The number of alkyl carbamates (subject to hydrolysis) is 1. The number of hydrogen-bond donors (Lipinski definition) is 2. The minimum Gasteiger partial charge on any atom is -0.444 e. The summed E-state index contributed by atoms with van der Waals surface area (Å²) in [6, 6.07) is 16.9. The SMILES string of the molecule is Cc1cccc(-c2cnc(Nc3ccc(N4CCN(CCNC(=O)OC(C)(C)C)CC4)cc3)c3nccn23)c1. The topological polar surface area (TPSA) is 87.0 Å². The van der Waals surface area contributed by atoms with E-state index >= 15 is 0 Å². The van der Waals surface area contributed by atoms with Crippen molar-refractivity contribution >= 4 is 28.9 Å². The fourth-order valence-electron chi connectivity index (χ4n) is 4.78. The molecule has 1 fully saturated rings. The van der Waals surface area contributed by atoms with Crippen LogP contribution in [-0.2, 0) is 4.74 Å². The highest BCUT2D eigenvalue weighted by Gasteiger charge is 2.19. The van der Waals surface area contributed by atoms with Crippen molar-refractivity contribution in [2.75, 3.05) is 49.5 Å². The zero-order valence-electron chi connectivity index (χ0n) is 23.1. The van der Waals surface area contributed by atoms with Gasteiger partial charge in [-0.25, -0.2) is 14.8 Å². The molecule has 0 atom stereocenters. The van der Waals surface area contributed by atoms with E-state index in [9.17, 15) is 4.79 Å². The standard InChI is InChI=1S/C30H37N7O2/c1-22-6-5-7-23(20-22)26-21-33-27(28-31-13-15-37(26)28)34-24-8-10-25(11-9-24)36-18-16-35(17-19-36)14-12-32-29(38)39-30(2,3)4/h5-11,13,15,20-21H,12,14,16-19H2,1-4H3,(H,32,38)(H,33,34). The summed E-state index contributed by atoms with van der Waals surface area (Å²) in [7, 11) is 0. The largest absolute Gasteiger partial charge is 0.444 e. The van der Waals surface area contributed by atoms with Crippen LogP contribution in [0.2, 0.25) is 0 Å². The maximum Gasteiger partial charge on any atom is 0.407 e. The van der Waals surface area contributed by atoms with Crippen LogP contribution in [0.1, 0.15) is 26.3 Å². The lowest BCUT2D eigenvalue weighted by molar-refractivity contribution is 0.0521. The Bertz CT molecular complexity index is 1420. The lowest BCUT2D eigenvalue weighted by Crippen LogP contribution is -2.48. The third kappa shape index (κ3) is 6.67. The lowest BCUT2D eigenvalue weighted by atomic mass is 10.1. The van der Waals surface area contributed by atoms with Gasteiger partial charge in [-0.3, -0.25) is 9.30 Å². The molecule has 2 aromatic carbocycles. The van der Waals surface area contributed by atoms with Crippen molar-refractivity contribution in [1.29, 1.82) is 0 Å². The van der Waals surface area contributed by atoms with Crippen molar-refractivity contribution in [3.63, 3.8) is 0 Å². The van der Waals surface area contributed by atoms with Gasteiger partial charge in [0.1, 0.15) is 5.60 Å². The predicted molar refractivity (Wildman–Crippen MR) is 156 cm³/mol. The second-order valence-electron chi connectivity index (χ2n) is 10.9. The molecule has 0 radical (unpaired) electrons. The number of fused-ring (bicyclic) bond motifs is 1. The summed E-state index contributed by atoms with van der Waals surface area (Å²) in [6.45, 7) is 12.9. The Morgan fingerprint density at radius 1 is 1.03 bits per heavy atom. The van der Waals surface area contributed by atoms with Crippen molar-refractivity contribution in [2.24, 2.45) is 0 Å². The number of hydrogen-bond acceptors (Lipinski definition) is 7. The molecule has 1 aliphatic heterocycles. The third-order valence-electron chi connectivity index (χ3n) is 6.71. The van der Waals surface area contributed by atoms with Gasteiger partial charge in [-0.15, -0.1) is 0 Å². The first-order valence-corrected chi connectivity index (χ1v) is 13.5. The van der Waals surface area contributed by atoms with E-state index in [1.807, 2.05) is 33.2 Å². The molecule has 3 heterocycles. The van der Waals surface area contributed by atoms with Crippen LogP contribution in [0.3, 0.4) is 0 Å². The molecule has 4 aromatic rings. The monoisotopic (exact) mass is 527 g/mol. The maximum atomic E-state index is 11.8. The molecule has 2 N–H and O–H groups in total. The summed E-state index contributed by atoms with van der Waals surface area (Å²) in [4.78, 5) is 25.9. The van der Waals surface area contributed by atoms with E-state index in [1.54, 1.807) is 6.20 Å². The van der Waals surface area contributed by atoms with Crippen LogP contribution in [0.5, 0.6) is 0 Å². The van der Waals surface area contributed by atoms with Crippen molar-refractivity contribution < 1.29 is 9.53 Å². The molecule has 1 aliphatic rings. The summed E-state index contributed by atoms with van der Waals surface area (Å²) < 4.78 is 7.37. The molecule has 9 nitrogen and oxygen atoms in total. The quantitative estimate of drug-likeness (QED) is 0.346. The van der Waals surface area contributed by atoms with Gasteiger partial charge in [-0.05, 0) is 58.0 Å². The van der Waals surface area contributed by atoms with Crippen molar-refractivity contribution in [2.45, 2.75) is 33.3 Å². The van der Waals surface area contributed by atoms with Crippen molar-refractivity contribution in [3.05, 3.63) is 72.7 Å². The molecule has 39 heavy (non-hydrogen) atoms. The van der Waals surface area contributed by atoms with Crippen LogP contribution >= 0.6 is 0 Å². The number of aromatic nitrogens is 3. The van der Waals surface area contributed by atoms with E-state index in [2.05, 4.69) is 85.3 Å². The number of carbonyl (C=O) groups excluding carboxylic acids is 1.